The van der Waals surface area contributed by atoms with Crippen LogP contribution >= 0.6 is 11.8 Å². The second-order valence-corrected chi connectivity index (χ2v) is 10.3. The summed E-state index contributed by atoms with van der Waals surface area (Å²) in [5, 5.41) is 12.9. The van der Waals surface area contributed by atoms with Crippen LogP contribution in [0.25, 0.3) is 16.9 Å². The molecule has 1 fully saturated rings. The van der Waals surface area contributed by atoms with Gasteiger partial charge < -0.3 is 9.47 Å². The Balaban J connectivity index is 1.42. The third-order valence-electron chi connectivity index (χ3n) is 6.49. The average Bonchev–Trinajstić information content (AvgIpc) is 3.48. The minimum Gasteiger partial charge on any atom is -0.342 e. The van der Waals surface area contributed by atoms with Crippen molar-refractivity contribution < 1.29 is 0 Å². The number of aromatic amines is 1. The first-order valence-corrected chi connectivity index (χ1v) is 12.8. The van der Waals surface area contributed by atoms with E-state index in [0.29, 0.717) is 28.8 Å². The number of hydrogen-bond donors (Lipinski definition) is 1. The number of tetrazole rings is 1. The first-order chi connectivity index (χ1) is 16.9. The monoisotopic (exact) mass is 495 g/mol. The first kappa shape index (κ1) is 23.3. The van der Waals surface area contributed by atoms with Gasteiger partial charge in [0.05, 0.1) is 5.69 Å². The molecule has 5 rings (SSSR count). The number of fused-ring (bicyclic) bond motifs is 1. The van der Waals surface area contributed by atoms with Crippen molar-refractivity contribution in [3.8, 4) is 5.69 Å². The fourth-order valence-corrected chi connectivity index (χ4v) is 5.32. The Bertz CT molecular complexity index is 1430. The number of nitrogens with zero attached hydrogens (tertiary/aromatic N) is 8. The molecule has 0 saturated carbocycles. The van der Waals surface area contributed by atoms with E-state index in [4.69, 9.17) is 4.98 Å². The zero-order chi connectivity index (χ0) is 24.5. The van der Waals surface area contributed by atoms with E-state index in [1.165, 1.54) is 4.57 Å². The number of nitrogens with one attached hydrogen (secondary N) is 1. The SMILES string of the molecule is CC1CCN(c2nc3c(c(=O)[nH]c(=O)n3C)n2C[C@@H](C)CSc2nnnn2-c2ccccc2)CC1. The van der Waals surface area contributed by atoms with Crippen LogP contribution in [0.3, 0.4) is 0 Å². The van der Waals surface area contributed by atoms with E-state index >= 15 is 0 Å². The summed E-state index contributed by atoms with van der Waals surface area (Å²) in [7, 11) is 1.64. The predicted molar refractivity (Wildman–Crippen MR) is 135 cm³/mol. The molecule has 12 heteroatoms. The van der Waals surface area contributed by atoms with Gasteiger partial charge in [-0.25, -0.2) is 4.79 Å². The summed E-state index contributed by atoms with van der Waals surface area (Å²) in [6, 6.07) is 9.78. The minimum atomic E-state index is -0.456. The van der Waals surface area contributed by atoms with Crippen LogP contribution in [0.15, 0.2) is 45.1 Å². The number of aromatic nitrogens is 8. The molecule has 0 aliphatic carbocycles. The Labute approximate surface area is 206 Å². The molecule has 1 aromatic carbocycles. The van der Waals surface area contributed by atoms with Gasteiger partial charge in [-0.3, -0.25) is 14.3 Å². The minimum absolute atomic E-state index is 0.178. The molecule has 11 nitrogen and oxygen atoms in total. The summed E-state index contributed by atoms with van der Waals surface area (Å²) >= 11 is 1.57. The van der Waals surface area contributed by atoms with Gasteiger partial charge in [0.15, 0.2) is 11.2 Å². The number of thioether (sulfide) groups is 1. The van der Waals surface area contributed by atoms with Crippen molar-refractivity contribution in [2.45, 2.75) is 38.4 Å². The average molecular weight is 496 g/mol. The van der Waals surface area contributed by atoms with Crippen molar-refractivity contribution in [3.63, 3.8) is 0 Å². The summed E-state index contributed by atoms with van der Waals surface area (Å²) < 4.78 is 5.12. The highest BCUT2D eigenvalue weighted by molar-refractivity contribution is 7.99. The van der Waals surface area contributed by atoms with Gasteiger partial charge in [0.2, 0.25) is 11.1 Å². The Morgan fingerprint density at radius 3 is 2.66 bits per heavy atom. The number of aryl methyl sites for hydroxylation is 1. The molecule has 4 heterocycles. The lowest BCUT2D eigenvalue weighted by molar-refractivity contribution is 0.427. The van der Waals surface area contributed by atoms with Crippen LogP contribution < -0.4 is 16.1 Å². The highest BCUT2D eigenvalue weighted by atomic mass is 32.2. The molecule has 35 heavy (non-hydrogen) atoms. The summed E-state index contributed by atoms with van der Waals surface area (Å²) in [5.74, 6) is 2.34. The number of benzene rings is 1. The zero-order valence-corrected chi connectivity index (χ0v) is 20.9. The van der Waals surface area contributed by atoms with E-state index < -0.39 is 11.2 Å². The Kier molecular flexibility index (Phi) is 6.46. The highest BCUT2D eigenvalue weighted by Crippen LogP contribution is 2.27. The smallest absolute Gasteiger partial charge is 0.329 e. The van der Waals surface area contributed by atoms with Gasteiger partial charge in [-0.1, -0.05) is 43.8 Å². The van der Waals surface area contributed by atoms with Gasteiger partial charge in [-0.05, 0) is 47.2 Å². The Morgan fingerprint density at radius 2 is 1.91 bits per heavy atom. The number of anilines is 1. The van der Waals surface area contributed by atoms with Crippen molar-refractivity contribution >= 4 is 28.9 Å². The number of H-pyrrole nitrogens is 1. The maximum atomic E-state index is 12.9. The van der Waals surface area contributed by atoms with Gasteiger partial charge in [0.25, 0.3) is 5.56 Å². The maximum Gasteiger partial charge on any atom is 0.329 e. The fourth-order valence-electron chi connectivity index (χ4n) is 4.43. The van der Waals surface area contributed by atoms with E-state index in [9.17, 15) is 9.59 Å². The van der Waals surface area contributed by atoms with Crippen molar-refractivity contribution in [2.75, 3.05) is 23.7 Å². The first-order valence-electron chi connectivity index (χ1n) is 11.8. The standard InChI is InChI=1S/C23H29N9O2S/c1-15-9-11-30(12-10-15)21-24-19-18(20(33)25-22(34)29(19)3)31(21)13-16(2)14-35-23-26-27-28-32(23)17-7-5-4-6-8-17/h4-8,15-16H,9-14H2,1-3H3,(H,25,33,34)/t16-/m1/s1. The van der Waals surface area contributed by atoms with Crippen LogP contribution in [0.1, 0.15) is 26.7 Å². The largest absolute Gasteiger partial charge is 0.342 e. The normalized spacial score (nSPS) is 15.7. The quantitative estimate of drug-likeness (QED) is 0.387. The van der Waals surface area contributed by atoms with Crippen molar-refractivity contribution in [1.82, 2.24) is 39.3 Å². The fraction of sp³-hybridized carbons (Fsp3) is 0.478. The molecular weight excluding hydrogens is 466 g/mol. The molecule has 1 saturated heterocycles. The van der Waals surface area contributed by atoms with Gasteiger partial charge in [-0.2, -0.15) is 9.67 Å². The summed E-state index contributed by atoms with van der Waals surface area (Å²) in [6.45, 7) is 6.74. The molecule has 0 unspecified atom stereocenters. The Hall–Kier alpha value is -3.41. The maximum absolute atomic E-state index is 12.9. The topological polar surface area (TPSA) is 120 Å². The van der Waals surface area contributed by atoms with Crippen LogP contribution in [0.4, 0.5) is 5.95 Å². The molecule has 0 amide bonds. The van der Waals surface area contributed by atoms with Crippen molar-refractivity contribution in [1.29, 1.82) is 0 Å². The molecule has 0 radical (unpaired) electrons. The summed E-state index contributed by atoms with van der Waals surface area (Å²) in [5.41, 5.74) is 0.900. The van der Waals surface area contributed by atoms with Crippen molar-refractivity contribution in [2.24, 2.45) is 18.9 Å². The number of rotatable bonds is 7. The second-order valence-electron chi connectivity index (χ2n) is 9.31. The van der Waals surface area contributed by atoms with E-state index in [1.54, 1.807) is 23.5 Å². The molecule has 1 aliphatic rings. The molecule has 3 aromatic heterocycles. The molecule has 184 valence electrons. The van der Waals surface area contributed by atoms with Crippen LogP contribution in [-0.2, 0) is 13.6 Å². The second kappa shape index (κ2) is 9.68. The summed E-state index contributed by atoms with van der Waals surface area (Å²) in [6.07, 6.45) is 2.15. The van der Waals surface area contributed by atoms with E-state index in [1.807, 2.05) is 34.9 Å². The third kappa shape index (κ3) is 4.62. The number of piperidine rings is 1. The molecular formula is C23H29N9O2S. The van der Waals surface area contributed by atoms with Crippen LogP contribution in [0.5, 0.6) is 0 Å². The molecule has 4 aromatic rings. The molecule has 0 bridgehead atoms. The van der Waals surface area contributed by atoms with Crippen molar-refractivity contribution in [3.05, 3.63) is 51.2 Å². The Morgan fingerprint density at radius 1 is 1.17 bits per heavy atom. The van der Waals surface area contributed by atoms with Gasteiger partial charge in [0.1, 0.15) is 0 Å². The molecule has 1 N–H and O–H groups in total. The number of para-hydroxylation sites is 1. The lowest BCUT2D eigenvalue weighted by Crippen LogP contribution is -2.35. The highest BCUT2D eigenvalue weighted by Gasteiger charge is 2.25. The lowest BCUT2D eigenvalue weighted by atomic mass is 10.00. The van der Waals surface area contributed by atoms with E-state index in [-0.39, 0.29) is 5.92 Å². The zero-order valence-electron chi connectivity index (χ0n) is 20.1. The van der Waals surface area contributed by atoms with E-state index in [2.05, 4.69) is 39.3 Å². The van der Waals surface area contributed by atoms with Gasteiger partial charge in [0, 0.05) is 32.4 Å². The van der Waals surface area contributed by atoms with Crippen LogP contribution in [0, 0.1) is 11.8 Å². The van der Waals surface area contributed by atoms with Gasteiger partial charge >= 0.3 is 5.69 Å². The molecule has 1 atom stereocenters. The lowest BCUT2D eigenvalue weighted by Gasteiger charge is -2.31. The molecule has 1 aliphatic heterocycles. The number of hydrogen-bond acceptors (Lipinski definition) is 8. The van der Waals surface area contributed by atoms with Gasteiger partial charge in [-0.15, -0.1) is 5.10 Å². The predicted octanol–water partition coefficient (Wildman–Crippen LogP) is 2.06. The van der Waals surface area contributed by atoms with E-state index in [0.717, 1.165) is 43.3 Å². The summed E-state index contributed by atoms with van der Waals surface area (Å²) in [4.78, 5) is 34.5. The van der Waals surface area contributed by atoms with Crippen LogP contribution in [-0.4, -0.2) is 58.2 Å². The van der Waals surface area contributed by atoms with Crippen LogP contribution in [0.2, 0.25) is 0 Å². The molecule has 0 spiro atoms. The third-order valence-corrected chi connectivity index (χ3v) is 7.73. The number of imidazole rings is 1.